The Kier molecular flexibility index (Phi) is 6.16. The third-order valence-electron chi connectivity index (χ3n) is 2.70. The molecule has 6 heteroatoms. The molecule has 1 aromatic heterocycles. The molecule has 1 unspecified atom stereocenters. The number of nitrogens with one attached hydrogen (secondary N) is 2. The highest BCUT2D eigenvalue weighted by atomic mass is 16.3. The Morgan fingerprint density at radius 2 is 1.85 bits per heavy atom. The minimum absolute atomic E-state index is 0.439. The van der Waals surface area contributed by atoms with Gasteiger partial charge in [0.25, 0.3) is 0 Å². The second-order valence-electron chi connectivity index (χ2n) is 5.70. The highest BCUT2D eigenvalue weighted by Crippen LogP contribution is 2.13. The largest absolute Gasteiger partial charge is 0.387 e. The molecule has 1 aromatic rings. The van der Waals surface area contributed by atoms with Crippen LogP contribution in [0.1, 0.15) is 26.1 Å². The van der Waals surface area contributed by atoms with Crippen LogP contribution in [0, 0.1) is 6.92 Å². The van der Waals surface area contributed by atoms with Crippen LogP contribution in [0.15, 0.2) is 6.07 Å². The Morgan fingerprint density at radius 1 is 1.25 bits per heavy atom. The number of hydrogen-bond donors (Lipinski definition) is 3. The molecule has 1 rings (SSSR count). The number of nitrogens with zero attached hydrogens (tertiary/aromatic N) is 3. The first-order chi connectivity index (χ1) is 9.32. The lowest BCUT2D eigenvalue weighted by molar-refractivity contribution is 0.0459. The number of hydrogen-bond acceptors (Lipinski definition) is 6. The fraction of sp³-hybridized carbons (Fsp3) is 0.714. The Bertz CT molecular complexity index is 420. The Morgan fingerprint density at radius 3 is 2.40 bits per heavy atom. The lowest BCUT2D eigenvalue weighted by Gasteiger charge is -2.27. The van der Waals surface area contributed by atoms with E-state index in [-0.39, 0.29) is 0 Å². The SMILES string of the molecule is CCCNc1cc(NCC(C)(O)CN(C)C)nc(C)n1. The van der Waals surface area contributed by atoms with Crippen LogP contribution in [0.4, 0.5) is 11.6 Å². The summed E-state index contributed by atoms with van der Waals surface area (Å²) in [6.07, 6.45) is 1.04. The van der Waals surface area contributed by atoms with Crippen molar-refractivity contribution < 1.29 is 5.11 Å². The zero-order valence-corrected chi connectivity index (χ0v) is 13.2. The van der Waals surface area contributed by atoms with Gasteiger partial charge in [0.15, 0.2) is 0 Å². The van der Waals surface area contributed by atoms with Crippen molar-refractivity contribution in [3.05, 3.63) is 11.9 Å². The summed E-state index contributed by atoms with van der Waals surface area (Å²) in [6.45, 7) is 7.69. The monoisotopic (exact) mass is 281 g/mol. The third kappa shape index (κ3) is 6.16. The van der Waals surface area contributed by atoms with Gasteiger partial charge in [-0.25, -0.2) is 9.97 Å². The number of aromatic nitrogens is 2. The summed E-state index contributed by atoms with van der Waals surface area (Å²) < 4.78 is 0. The Labute approximate surface area is 121 Å². The molecule has 6 nitrogen and oxygen atoms in total. The smallest absolute Gasteiger partial charge is 0.131 e. The fourth-order valence-corrected chi connectivity index (χ4v) is 2.02. The van der Waals surface area contributed by atoms with E-state index < -0.39 is 5.60 Å². The van der Waals surface area contributed by atoms with E-state index in [0.717, 1.165) is 24.6 Å². The fourth-order valence-electron chi connectivity index (χ4n) is 2.02. The van der Waals surface area contributed by atoms with Crippen LogP contribution in [0.5, 0.6) is 0 Å². The van der Waals surface area contributed by atoms with Crippen molar-refractivity contribution in [3.8, 4) is 0 Å². The van der Waals surface area contributed by atoms with Crippen molar-refractivity contribution in [2.45, 2.75) is 32.8 Å². The molecule has 0 aromatic carbocycles. The second-order valence-corrected chi connectivity index (χ2v) is 5.70. The molecule has 0 aliphatic carbocycles. The predicted octanol–water partition coefficient (Wildman–Crippen LogP) is 1.33. The summed E-state index contributed by atoms with van der Waals surface area (Å²) in [5.41, 5.74) is -0.806. The van der Waals surface area contributed by atoms with Gasteiger partial charge >= 0.3 is 0 Å². The lowest BCUT2D eigenvalue weighted by Crippen LogP contribution is -2.43. The van der Waals surface area contributed by atoms with Gasteiger partial charge in [-0.3, -0.25) is 0 Å². The summed E-state index contributed by atoms with van der Waals surface area (Å²) in [6, 6.07) is 1.87. The summed E-state index contributed by atoms with van der Waals surface area (Å²) in [4.78, 5) is 10.6. The molecule has 0 aliphatic rings. The number of aryl methyl sites for hydroxylation is 1. The molecule has 0 saturated heterocycles. The van der Waals surface area contributed by atoms with E-state index >= 15 is 0 Å². The van der Waals surface area contributed by atoms with Gasteiger partial charge in [-0.2, -0.15) is 0 Å². The van der Waals surface area contributed by atoms with Crippen LogP contribution in [-0.4, -0.2) is 59.3 Å². The van der Waals surface area contributed by atoms with Gasteiger partial charge in [0, 0.05) is 25.7 Å². The minimum atomic E-state index is -0.806. The zero-order chi connectivity index (χ0) is 15.2. The standard InChI is InChI=1S/C14H27N5O/c1-6-7-15-12-8-13(18-11(2)17-12)16-9-14(3,20)10-19(4)5/h8,20H,6-7,9-10H2,1-5H3,(H2,15,16,17,18). The van der Waals surface area contributed by atoms with Crippen LogP contribution in [0.25, 0.3) is 0 Å². The maximum Gasteiger partial charge on any atom is 0.131 e. The summed E-state index contributed by atoms with van der Waals surface area (Å²) >= 11 is 0. The van der Waals surface area contributed by atoms with Gasteiger partial charge in [0.05, 0.1) is 5.60 Å². The topological polar surface area (TPSA) is 73.3 Å². The predicted molar refractivity (Wildman–Crippen MR) is 83.2 cm³/mol. The van der Waals surface area contributed by atoms with E-state index in [2.05, 4.69) is 27.5 Å². The van der Waals surface area contributed by atoms with Crippen molar-refractivity contribution >= 4 is 11.6 Å². The highest BCUT2D eigenvalue weighted by molar-refractivity contribution is 5.47. The number of anilines is 2. The van der Waals surface area contributed by atoms with Crippen LogP contribution >= 0.6 is 0 Å². The molecule has 0 bridgehead atoms. The van der Waals surface area contributed by atoms with Gasteiger partial charge in [-0.05, 0) is 34.4 Å². The number of rotatable bonds is 8. The van der Waals surface area contributed by atoms with Crippen molar-refractivity contribution in [3.63, 3.8) is 0 Å². The molecular formula is C14H27N5O. The molecule has 0 amide bonds. The quantitative estimate of drug-likeness (QED) is 0.667. The summed E-state index contributed by atoms with van der Waals surface area (Å²) in [5, 5.41) is 16.7. The van der Waals surface area contributed by atoms with Crippen LogP contribution in [-0.2, 0) is 0 Å². The second kappa shape index (κ2) is 7.40. The Hall–Kier alpha value is -1.40. The van der Waals surface area contributed by atoms with Gasteiger partial charge in [-0.15, -0.1) is 0 Å². The molecule has 114 valence electrons. The first kappa shape index (κ1) is 16.7. The van der Waals surface area contributed by atoms with E-state index in [1.54, 1.807) is 0 Å². The molecule has 0 saturated carbocycles. The summed E-state index contributed by atoms with van der Waals surface area (Å²) in [5.74, 6) is 2.25. The third-order valence-corrected chi connectivity index (χ3v) is 2.70. The lowest BCUT2D eigenvalue weighted by atomic mass is 10.1. The summed E-state index contributed by atoms with van der Waals surface area (Å²) in [7, 11) is 3.88. The van der Waals surface area contributed by atoms with Crippen LogP contribution in [0.3, 0.4) is 0 Å². The van der Waals surface area contributed by atoms with Crippen LogP contribution in [0.2, 0.25) is 0 Å². The molecule has 1 atom stereocenters. The van der Waals surface area contributed by atoms with Gasteiger partial charge < -0.3 is 20.6 Å². The molecule has 1 heterocycles. The van der Waals surface area contributed by atoms with Crippen LogP contribution < -0.4 is 10.6 Å². The average Bonchev–Trinajstić information content (AvgIpc) is 2.32. The van der Waals surface area contributed by atoms with E-state index in [4.69, 9.17) is 0 Å². The maximum atomic E-state index is 10.3. The first-order valence-corrected chi connectivity index (χ1v) is 7.03. The van der Waals surface area contributed by atoms with E-state index in [1.165, 1.54) is 0 Å². The average molecular weight is 281 g/mol. The molecule has 0 spiro atoms. The first-order valence-electron chi connectivity index (χ1n) is 7.03. The zero-order valence-electron chi connectivity index (χ0n) is 13.2. The normalized spacial score (nSPS) is 14.2. The number of likely N-dealkylation sites (N-methyl/N-ethyl adjacent to an activating group) is 1. The van der Waals surface area contributed by atoms with Crippen molar-refractivity contribution in [2.24, 2.45) is 0 Å². The number of aliphatic hydroxyl groups is 1. The molecular weight excluding hydrogens is 254 g/mol. The van der Waals surface area contributed by atoms with Gasteiger partial charge in [-0.1, -0.05) is 6.92 Å². The molecule has 20 heavy (non-hydrogen) atoms. The van der Waals surface area contributed by atoms with Gasteiger partial charge in [0.1, 0.15) is 17.5 Å². The van der Waals surface area contributed by atoms with E-state index in [9.17, 15) is 5.11 Å². The van der Waals surface area contributed by atoms with Crippen molar-refractivity contribution in [2.75, 3.05) is 44.4 Å². The molecule has 3 N–H and O–H groups in total. The van der Waals surface area contributed by atoms with E-state index in [0.29, 0.717) is 18.9 Å². The van der Waals surface area contributed by atoms with E-state index in [1.807, 2.05) is 38.9 Å². The highest BCUT2D eigenvalue weighted by Gasteiger charge is 2.21. The molecule has 0 radical (unpaired) electrons. The van der Waals surface area contributed by atoms with Gasteiger partial charge in [0.2, 0.25) is 0 Å². The maximum absolute atomic E-state index is 10.3. The van der Waals surface area contributed by atoms with Crippen molar-refractivity contribution in [1.29, 1.82) is 0 Å². The molecule has 0 aliphatic heterocycles. The minimum Gasteiger partial charge on any atom is -0.387 e. The Balaban J connectivity index is 2.65. The van der Waals surface area contributed by atoms with Crippen molar-refractivity contribution in [1.82, 2.24) is 14.9 Å². The molecule has 0 fully saturated rings.